The van der Waals surface area contributed by atoms with Gasteiger partial charge in [0.05, 0.1) is 29.3 Å². The van der Waals surface area contributed by atoms with Crippen LogP contribution < -0.4 is 5.32 Å². The van der Waals surface area contributed by atoms with Gasteiger partial charge in [-0.2, -0.15) is 10.5 Å². The number of nitrogens with zero attached hydrogens (tertiary/aromatic N) is 3. The maximum absolute atomic E-state index is 12.7. The lowest BCUT2D eigenvalue weighted by Gasteiger charge is -2.42. The van der Waals surface area contributed by atoms with Crippen LogP contribution in [0.1, 0.15) is 27.0 Å². The third-order valence-corrected chi connectivity index (χ3v) is 9.36. The summed E-state index contributed by atoms with van der Waals surface area (Å²) >= 11 is 0.0935. The van der Waals surface area contributed by atoms with Crippen molar-refractivity contribution in [2.75, 3.05) is 17.5 Å². The average Bonchev–Trinajstić information content (AvgIpc) is 2.76. The Morgan fingerprint density at radius 1 is 1.06 bits per heavy atom. The largest absolute Gasteiger partial charge is 0.378 e. The quantitative estimate of drug-likeness (QED) is 0.496. The molecule has 2 aromatic rings. The van der Waals surface area contributed by atoms with Crippen LogP contribution in [0.4, 0.5) is 0 Å². The number of nitrogens with one attached hydrogen (secondary N) is 1. The Bertz CT molecular complexity index is 1240. The smallest absolute Gasteiger partial charge is 0.253 e. The van der Waals surface area contributed by atoms with E-state index in [9.17, 15) is 10.1 Å². The first-order valence-electron chi connectivity index (χ1n) is 10.1. The third kappa shape index (κ3) is 3.80. The van der Waals surface area contributed by atoms with Crippen LogP contribution in [-0.2, 0) is 0 Å². The number of alkyl halides is 1. The van der Waals surface area contributed by atoms with Crippen LogP contribution in [0.3, 0.4) is 0 Å². The number of benzene rings is 2. The molecule has 0 aromatic heterocycles. The number of amides is 1. The van der Waals surface area contributed by atoms with Crippen LogP contribution in [0.25, 0.3) is 5.57 Å². The number of likely N-dealkylation sites (tertiary alicyclic amines) is 1. The minimum atomic E-state index is 0.00988. The number of allylic oxidation sites excluding steroid dienone is 4. The van der Waals surface area contributed by atoms with E-state index in [1.165, 1.54) is 15.7 Å². The standard InChI is InChI=1S/C25H19IN4O/c27-12-16-4-6-18(7-5-16)25(31)30-14-22(15-30)29-23-10-20(9-21-11-26-24(21)23)19-3-1-2-17(8-19)13-28/h1-10,21-22,29H,11,14-15H2. The average molecular weight is 518 g/mol. The van der Waals surface area contributed by atoms with Gasteiger partial charge in [-0.3, -0.25) is 4.79 Å². The number of carbonyl (C=O) groups excluding carboxylic acids is 1. The maximum Gasteiger partial charge on any atom is 0.253 e. The molecule has 1 aliphatic carbocycles. The molecule has 1 N–H and O–H groups in total. The van der Waals surface area contributed by atoms with Crippen LogP contribution in [0.2, 0.25) is 0 Å². The summed E-state index contributed by atoms with van der Waals surface area (Å²) in [5.41, 5.74) is 5.32. The number of rotatable bonds is 4. The first kappa shape index (κ1) is 19.7. The first-order chi connectivity index (χ1) is 15.1. The van der Waals surface area contributed by atoms with Gasteiger partial charge in [0, 0.05) is 38.2 Å². The molecule has 0 saturated carbocycles. The number of halogens is 1. The maximum atomic E-state index is 12.7. The highest BCUT2D eigenvalue weighted by Gasteiger charge is 2.34. The van der Waals surface area contributed by atoms with Gasteiger partial charge in [-0.25, -0.2) is 0 Å². The molecule has 0 radical (unpaired) electrons. The van der Waals surface area contributed by atoms with E-state index in [0.717, 1.165) is 5.56 Å². The van der Waals surface area contributed by atoms with Crippen molar-refractivity contribution in [1.29, 1.82) is 10.5 Å². The monoisotopic (exact) mass is 518 g/mol. The second-order valence-electron chi connectivity index (χ2n) is 7.86. The molecule has 1 fully saturated rings. The van der Waals surface area contributed by atoms with Crippen LogP contribution in [0.5, 0.6) is 0 Å². The zero-order valence-corrected chi connectivity index (χ0v) is 18.8. The van der Waals surface area contributed by atoms with Crippen molar-refractivity contribution in [1.82, 2.24) is 10.2 Å². The molecular weight excluding hydrogens is 499 g/mol. The van der Waals surface area contributed by atoms with Crippen molar-refractivity contribution in [3.8, 4) is 12.1 Å². The predicted molar refractivity (Wildman–Crippen MR) is 129 cm³/mol. The Morgan fingerprint density at radius 3 is 2.52 bits per heavy atom. The Labute approximate surface area is 191 Å². The Balaban J connectivity index is 1.26. The van der Waals surface area contributed by atoms with Gasteiger partial charge in [0.15, 0.2) is 0 Å². The van der Waals surface area contributed by atoms with Gasteiger partial charge in [0.2, 0.25) is 0 Å². The van der Waals surface area contributed by atoms with E-state index in [-0.39, 0.29) is 32.7 Å². The Morgan fingerprint density at radius 2 is 1.84 bits per heavy atom. The minimum Gasteiger partial charge on any atom is -0.378 e. The lowest BCUT2D eigenvalue weighted by molar-refractivity contribution is 0.0581. The highest BCUT2D eigenvalue weighted by Crippen LogP contribution is 2.38. The second-order valence-corrected chi connectivity index (χ2v) is 10.7. The van der Waals surface area contributed by atoms with Crippen molar-refractivity contribution >= 4 is 35.7 Å². The van der Waals surface area contributed by atoms with Gasteiger partial charge >= 0.3 is 0 Å². The summed E-state index contributed by atoms with van der Waals surface area (Å²) in [6.07, 6.45) is 4.55. The van der Waals surface area contributed by atoms with Gasteiger partial charge in [-0.1, -0.05) is 18.2 Å². The number of nitriles is 2. The van der Waals surface area contributed by atoms with Crippen LogP contribution >= 0.6 is 20.7 Å². The molecule has 5 rings (SSSR count). The Kier molecular flexibility index (Phi) is 5.17. The van der Waals surface area contributed by atoms with Crippen molar-refractivity contribution in [3.05, 3.63) is 88.6 Å². The van der Waals surface area contributed by atoms with E-state index in [0.29, 0.717) is 35.7 Å². The lowest BCUT2D eigenvalue weighted by Crippen LogP contribution is -2.60. The molecule has 5 nitrogen and oxygen atoms in total. The van der Waals surface area contributed by atoms with E-state index in [4.69, 9.17) is 5.26 Å². The van der Waals surface area contributed by atoms with Crippen molar-refractivity contribution < 1.29 is 4.79 Å². The molecule has 1 saturated heterocycles. The molecule has 0 bridgehead atoms. The third-order valence-electron chi connectivity index (χ3n) is 5.77. The molecule has 1 amide bonds. The zero-order valence-electron chi connectivity index (χ0n) is 16.7. The molecule has 31 heavy (non-hydrogen) atoms. The summed E-state index contributed by atoms with van der Waals surface area (Å²) in [7, 11) is 0. The fraction of sp³-hybridized carbons (Fsp3) is 0.200. The molecular formula is C25H19IN4O. The van der Waals surface area contributed by atoms with Gasteiger partial charge in [0.25, 0.3) is 5.91 Å². The summed E-state index contributed by atoms with van der Waals surface area (Å²) < 4.78 is 2.82. The summed E-state index contributed by atoms with van der Waals surface area (Å²) in [6.45, 7) is 1.35. The highest BCUT2D eigenvalue weighted by atomic mass is 127. The zero-order chi connectivity index (χ0) is 21.4. The Hall–Kier alpha value is -3.23. The molecule has 152 valence electrons. The van der Waals surface area contributed by atoms with Gasteiger partial charge in [0.1, 0.15) is 0 Å². The number of carbonyl (C=O) groups is 1. The molecule has 6 heteroatoms. The van der Waals surface area contributed by atoms with Crippen LogP contribution in [0, 0.1) is 28.6 Å². The van der Waals surface area contributed by atoms with E-state index in [2.05, 4.69) is 35.7 Å². The molecule has 2 heterocycles. The SMILES string of the molecule is N#Cc1ccc(C(=O)N2CC(NC3=CC(c4cccc(C#N)c4)=CC4CI=C34)C2)cc1. The molecule has 1 unspecified atom stereocenters. The second kappa shape index (κ2) is 8.13. The molecule has 0 spiro atoms. The van der Waals surface area contributed by atoms with E-state index >= 15 is 0 Å². The summed E-state index contributed by atoms with van der Waals surface area (Å²) in [4.78, 5) is 14.5. The molecule has 3 aliphatic rings. The van der Waals surface area contributed by atoms with Gasteiger partial charge in [-0.05, 0) is 53.6 Å². The normalized spacial score (nSPS) is 19.6. The predicted octanol–water partition coefficient (Wildman–Crippen LogP) is 3.60. The summed E-state index contributed by atoms with van der Waals surface area (Å²) in [6, 6.07) is 19.1. The van der Waals surface area contributed by atoms with E-state index < -0.39 is 0 Å². The highest BCUT2D eigenvalue weighted by molar-refractivity contribution is 14.2. The fourth-order valence-corrected chi connectivity index (χ4v) is 6.55. The number of hydrogen-bond donors (Lipinski definition) is 1. The van der Waals surface area contributed by atoms with Crippen molar-refractivity contribution in [2.45, 2.75) is 6.04 Å². The number of hydrogen-bond acceptors (Lipinski definition) is 4. The fourth-order valence-electron chi connectivity index (χ4n) is 4.01. The molecule has 1 atom stereocenters. The van der Waals surface area contributed by atoms with E-state index in [1.54, 1.807) is 27.8 Å². The summed E-state index contributed by atoms with van der Waals surface area (Å²) in [5, 5.41) is 21.8. The van der Waals surface area contributed by atoms with Crippen molar-refractivity contribution in [2.24, 2.45) is 5.92 Å². The molecule has 2 aliphatic heterocycles. The lowest BCUT2D eigenvalue weighted by atomic mass is 9.90. The van der Waals surface area contributed by atoms with Crippen molar-refractivity contribution in [3.63, 3.8) is 0 Å². The first-order valence-corrected chi connectivity index (χ1v) is 12.7. The van der Waals surface area contributed by atoms with Crippen LogP contribution in [0.15, 0.2) is 66.4 Å². The topological polar surface area (TPSA) is 79.9 Å². The molecule has 2 aromatic carbocycles. The summed E-state index contributed by atoms with van der Waals surface area (Å²) in [5.74, 6) is 0.521. The van der Waals surface area contributed by atoms with Gasteiger partial charge in [-0.15, -0.1) is 20.7 Å². The number of fused-ring (bicyclic) bond motifs is 1. The van der Waals surface area contributed by atoms with Gasteiger partial charge < -0.3 is 10.2 Å². The van der Waals surface area contributed by atoms with Crippen LogP contribution in [-0.4, -0.2) is 37.9 Å². The minimum absolute atomic E-state index is 0.00988. The van der Waals surface area contributed by atoms with E-state index in [1.807, 2.05) is 23.1 Å².